The highest BCUT2D eigenvalue weighted by Gasteiger charge is 2.17. The van der Waals surface area contributed by atoms with Gasteiger partial charge in [-0.3, -0.25) is 9.48 Å². The van der Waals surface area contributed by atoms with Crippen molar-refractivity contribution in [2.45, 2.75) is 6.92 Å². The van der Waals surface area contributed by atoms with Gasteiger partial charge in [0.15, 0.2) is 0 Å². The van der Waals surface area contributed by atoms with Gasteiger partial charge in [0.25, 0.3) is 5.91 Å². The number of phenols is 1. The number of benzene rings is 2. The van der Waals surface area contributed by atoms with Crippen LogP contribution in [0.2, 0.25) is 5.02 Å². The van der Waals surface area contributed by atoms with Crippen LogP contribution in [0.25, 0.3) is 22.2 Å². The number of carbonyl (C=O) groups excluding carboxylic acids is 1. The van der Waals surface area contributed by atoms with Crippen LogP contribution < -0.4 is 5.32 Å². The molecule has 4 rings (SSSR count). The molecule has 28 heavy (non-hydrogen) atoms. The summed E-state index contributed by atoms with van der Waals surface area (Å²) in [5, 5.41) is 18.2. The zero-order valence-corrected chi connectivity index (χ0v) is 16.0. The number of rotatable bonds is 3. The van der Waals surface area contributed by atoms with Crippen LogP contribution in [-0.4, -0.2) is 25.8 Å². The molecule has 6 nitrogen and oxygen atoms in total. The Bertz CT molecular complexity index is 1220. The molecular formula is C21H17ClN4O2. The zero-order chi connectivity index (χ0) is 19.8. The van der Waals surface area contributed by atoms with Gasteiger partial charge in [-0.05, 0) is 37.3 Å². The van der Waals surface area contributed by atoms with E-state index in [1.165, 1.54) is 12.1 Å². The van der Waals surface area contributed by atoms with Crippen LogP contribution in [0.5, 0.6) is 5.75 Å². The number of aromatic nitrogens is 3. The number of hydrogen-bond donors (Lipinski definition) is 2. The lowest BCUT2D eigenvalue weighted by Gasteiger charge is -2.11. The first-order valence-electron chi connectivity index (χ1n) is 8.62. The maximum Gasteiger partial charge on any atom is 0.256 e. The molecule has 0 fully saturated rings. The summed E-state index contributed by atoms with van der Waals surface area (Å²) in [6.45, 7) is 1.95. The highest BCUT2D eigenvalue weighted by molar-refractivity contribution is 6.31. The van der Waals surface area contributed by atoms with Gasteiger partial charge in [-0.1, -0.05) is 29.8 Å². The van der Waals surface area contributed by atoms with Gasteiger partial charge < -0.3 is 10.4 Å². The molecule has 2 aromatic heterocycles. The highest BCUT2D eigenvalue weighted by atomic mass is 35.5. The molecule has 0 bridgehead atoms. The number of nitrogens with one attached hydrogen (secondary N) is 1. The van der Waals surface area contributed by atoms with Crippen LogP contribution in [0, 0.1) is 6.92 Å². The lowest BCUT2D eigenvalue weighted by atomic mass is 10.0. The first kappa shape index (κ1) is 18.0. The van der Waals surface area contributed by atoms with E-state index < -0.39 is 0 Å². The molecule has 0 saturated heterocycles. The van der Waals surface area contributed by atoms with Crippen molar-refractivity contribution in [3.8, 4) is 17.0 Å². The van der Waals surface area contributed by atoms with Crippen molar-refractivity contribution < 1.29 is 9.90 Å². The summed E-state index contributed by atoms with van der Waals surface area (Å²) in [6, 6.07) is 13.7. The molecular weight excluding hydrogens is 376 g/mol. The van der Waals surface area contributed by atoms with Gasteiger partial charge in [0.2, 0.25) is 0 Å². The van der Waals surface area contributed by atoms with E-state index in [-0.39, 0.29) is 17.3 Å². The summed E-state index contributed by atoms with van der Waals surface area (Å²) >= 11 is 5.98. The molecule has 140 valence electrons. The topological polar surface area (TPSA) is 80.0 Å². The molecule has 4 aromatic rings. The van der Waals surface area contributed by atoms with E-state index in [0.29, 0.717) is 27.2 Å². The summed E-state index contributed by atoms with van der Waals surface area (Å²) in [5.74, 6) is -0.418. The fourth-order valence-corrected chi connectivity index (χ4v) is 3.22. The van der Waals surface area contributed by atoms with Crippen molar-refractivity contribution in [3.05, 3.63) is 71.0 Å². The maximum atomic E-state index is 13.1. The van der Waals surface area contributed by atoms with E-state index in [4.69, 9.17) is 16.6 Å². The van der Waals surface area contributed by atoms with Crippen molar-refractivity contribution in [3.63, 3.8) is 0 Å². The number of halogens is 1. The quantitative estimate of drug-likeness (QED) is 0.501. The third-order valence-corrected chi connectivity index (χ3v) is 4.91. The second-order valence-corrected chi connectivity index (χ2v) is 6.89. The Morgan fingerprint density at radius 2 is 1.96 bits per heavy atom. The molecule has 0 saturated carbocycles. The van der Waals surface area contributed by atoms with E-state index in [0.717, 1.165) is 11.3 Å². The van der Waals surface area contributed by atoms with Gasteiger partial charge in [-0.15, -0.1) is 0 Å². The van der Waals surface area contributed by atoms with Crippen LogP contribution in [0.1, 0.15) is 16.1 Å². The fraction of sp³-hybridized carbons (Fsp3) is 0.0952. The monoisotopic (exact) mass is 392 g/mol. The molecule has 7 heteroatoms. The van der Waals surface area contributed by atoms with Crippen molar-refractivity contribution in [2.24, 2.45) is 7.05 Å². The van der Waals surface area contributed by atoms with Crippen molar-refractivity contribution in [2.75, 3.05) is 5.32 Å². The predicted molar refractivity (Wildman–Crippen MR) is 110 cm³/mol. The molecule has 0 spiro atoms. The SMILES string of the molecule is Cc1c(-c2cc(C(=O)Nc3cc(Cl)ccc3O)c3ccccc3n2)cnn1C. The van der Waals surface area contributed by atoms with Crippen molar-refractivity contribution in [1.29, 1.82) is 0 Å². The normalized spacial score (nSPS) is 11.0. The molecule has 0 aliphatic carbocycles. The minimum atomic E-state index is -0.362. The summed E-state index contributed by atoms with van der Waals surface area (Å²) in [4.78, 5) is 17.7. The Kier molecular flexibility index (Phi) is 4.49. The maximum absolute atomic E-state index is 13.1. The van der Waals surface area contributed by atoms with Gasteiger partial charge in [0.1, 0.15) is 5.75 Å². The largest absolute Gasteiger partial charge is 0.506 e. The van der Waals surface area contributed by atoms with Gasteiger partial charge >= 0.3 is 0 Å². The number of aromatic hydroxyl groups is 1. The van der Waals surface area contributed by atoms with E-state index in [1.54, 1.807) is 23.0 Å². The molecule has 0 unspecified atom stereocenters. The Labute approximate surface area is 166 Å². The number of phenolic OH excluding ortho intramolecular Hbond substituents is 1. The minimum Gasteiger partial charge on any atom is -0.506 e. The summed E-state index contributed by atoms with van der Waals surface area (Å²) < 4.78 is 1.76. The number of fused-ring (bicyclic) bond motifs is 1. The van der Waals surface area contributed by atoms with Crippen LogP contribution in [0.15, 0.2) is 54.7 Å². The number of anilines is 1. The molecule has 0 radical (unpaired) electrons. The number of carbonyl (C=O) groups is 1. The van der Waals surface area contributed by atoms with Crippen LogP contribution in [0.4, 0.5) is 5.69 Å². The second-order valence-electron chi connectivity index (χ2n) is 6.46. The lowest BCUT2D eigenvalue weighted by molar-refractivity contribution is 0.102. The number of aryl methyl sites for hydroxylation is 1. The van der Waals surface area contributed by atoms with E-state index in [9.17, 15) is 9.90 Å². The Hall–Kier alpha value is -3.38. The Balaban J connectivity index is 1.84. The fourth-order valence-electron chi connectivity index (χ4n) is 3.05. The van der Waals surface area contributed by atoms with Crippen LogP contribution in [0.3, 0.4) is 0 Å². The number of hydrogen-bond acceptors (Lipinski definition) is 4. The van der Waals surface area contributed by atoms with Gasteiger partial charge in [-0.2, -0.15) is 5.10 Å². The first-order chi connectivity index (χ1) is 13.4. The minimum absolute atomic E-state index is 0.0561. The zero-order valence-electron chi connectivity index (χ0n) is 15.3. The predicted octanol–water partition coefficient (Wildman–Crippen LogP) is 4.56. The molecule has 2 N–H and O–H groups in total. The highest BCUT2D eigenvalue weighted by Crippen LogP contribution is 2.30. The average Bonchev–Trinajstić information content (AvgIpc) is 3.02. The van der Waals surface area contributed by atoms with Crippen LogP contribution in [-0.2, 0) is 7.05 Å². The van der Waals surface area contributed by atoms with E-state index in [2.05, 4.69) is 10.4 Å². The molecule has 2 aromatic carbocycles. The molecule has 0 aliphatic rings. The van der Waals surface area contributed by atoms with Crippen molar-refractivity contribution in [1.82, 2.24) is 14.8 Å². The first-order valence-corrected chi connectivity index (χ1v) is 9.00. The number of amides is 1. The number of pyridine rings is 1. The number of para-hydroxylation sites is 1. The molecule has 0 aliphatic heterocycles. The molecule has 1 amide bonds. The van der Waals surface area contributed by atoms with E-state index in [1.807, 2.05) is 38.2 Å². The molecule has 0 atom stereocenters. The standard InChI is InChI=1S/C21H17ClN4O2/c1-12-16(11-23-26(12)2)18-10-15(14-5-3-4-6-17(14)24-18)21(28)25-19-9-13(22)7-8-20(19)27/h3-11,27H,1-2H3,(H,25,28). The lowest BCUT2D eigenvalue weighted by Crippen LogP contribution is -2.13. The Morgan fingerprint density at radius 1 is 1.18 bits per heavy atom. The van der Waals surface area contributed by atoms with Gasteiger partial charge in [-0.25, -0.2) is 4.98 Å². The van der Waals surface area contributed by atoms with Gasteiger partial charge in [0, 0.05) is 28.7 Å². The Morgan fingerprint density at radius 3 is 2.71 bits per heavy atom. The number of nitrogens with zero attached hydrogens (tertiary/aromatic N) is 3. The second kappa shape index (κ2) is 6.98. The third kappa shape index (κ3) is 3.18. The molecule has 2 heterocycles. The summed E-state index contributed by atoms with van der Waals surface area (Å²) in [7, 11) is 1.86. The van der Waals surface area contributed by atoms with Crippen molar-refractivity contribution >= 4 is 34.1 Å². The smallest absolute Gasteiger partial charge is 0.256 e. The summed E-state index contributed by atoms with van der Waals surface area (Å²) in [6.07, 6.45) is 1.73. The van der Waals surface area contributed by atoms with Gasteiger partial charge in [0.05, 0.1) is 28.7 Å². The van der Waals surface area contributed by atoms with Crippen LogP contribution >= 0.6 is 11.6 Å². The average molecular weight is 393 g/mol. The summed E-state index contributed by atoms with van der Waals surface area (Å²) in [5.41, 5.74) is 3.85. The third-order valence-electron chi connectivity index (χ3n) is 4.68. The van der Waals surface area contributed by atoms with E-state index >= 15 is 0 Å².